The van der Waals surface area contributed by atoms with Crippen LogP contribution in [0, 0.1) is 0 Å². The molecule has 12 heteroatoms. The van der Waals surface area contributed by atoms with Gasteiger partial charge in [-0.3, -0.25) is 4.79 Å². The lowest BCUT2D eigenvalue weighted by atomic mass is 9.99. The smallest absolute Gasteiger partial charge is 0.239 e. The van der Waals surface area contributed by atoms with Gasteiger partial charge in [-0.2, -0.15) is 0 Å². The van der Waals surface area contributed by atoms with Gasteiger partial charge in [-0.05, 0) is 18.2 Å². The number of phenols is 4. The zero-order chi connectivity index (χ0) is 24.0. The molecular formula is C21H20O12. The van der Waals surface area contributed by atoms with Crippen molar-refractivity contribution in [1.82, 2.24) is 0 Å². The van der Waals surface area contributed by atoms with Crippen LogP contribution in [0.15, 0.2) is 39.5 Å². The van der Waals surface area contributed by atoms with E-state index in [1.807, 2.05) is 0 Å². The number of benzene rings is 2. The second kappa shape index (κ2) is 8.42. The molecule has 176 valence electrons. The van der Waals surface area contributed by atoms with E-state index in [-0.39, 0.29) is 22.3 Å². The van der Waals surface area contributed by atoms with Crippen molar-refractivity contribution < 1.29 is 54.7 Å². The summed E-state index contributed by atoms with van der Waals surface area (Å²) in [4.78, 5) is 13.2. The molecule has 12 nitrogen and oxygen atoms in total. The Hall–Kier alpha value is -3.55. The van der Waals surface area contributed by atoms with Gasteiger partial charge in [0.1, 0.15) is 46.9 Å². The monoisotopic (exact) mass is 464 g/mol. The number of ether oxygens (including phenoxy) is 2. The highest BCUT2D eigenvalue weighted by atomic mass is 16.7. The van der Waals surface area contributed by atoms with Crippen LogP contribution in [0.4, 0.5) is 0 Å². The van der Waals surface area contributed by atoms with Gasteiger partial charge in [-0.15, -0.1) is 0 Å². The molecule has 8 N–H and O–H groups in total. The second-order valence-electron chi connectivity index (χ2n) is 7.45. The summed E-state index contributed by atoms with van der Waals surface area (Å²) in [7, 11) is 0. The molecule has 2 heterocycles. The van der Waals surface area contributed by atoms with Crippen molar-refractivity contribution >= 4 is 11.0 Å². The van der Waals surface area contributed by atoms with E-state index >= 15 is 0 Å². The van der Waals surface area contributed by atoms with Crippen LogP contribution in [-0.4, -0.2) is 78.2 Å². The number of aromatic hydroxyl groups is 4. The lowest BCUT2D eigenvalue weighted by Gasteiger charge is -2.39. The summed E-state index contributed by atoms with van der Waals surface area (Å²) < 4.78 is 16.5. The topological polar surface area (TPSA) is 211 Å². The van der Waals surface area contributed by atoms with Gasteiger partial charge < -0.3 is 54.7 Å². The van der Waals surface area contributed by atoms with E-state index in [1.54, 1.807) is 0 Å². The minimum atomic E-state index is -1.85. The lowest BCUT2D eigenvalue weighted by Crippen LogP contribution is -2.60. The predicted octanol–water partition coefficient (Wildman–Crippen LogP) is -0.539. The molecule has 1 saturated heterocycles. The maximum Gasteiger partial charge on any atom is 0.239 e. The Kier molecular flexibility index (Phi) is 5.78. The number of rotatable bonds is 4. The third-order valence-electron chi connectivity index (χ3n) is 5.24. The summed E-state index contributed by atoms with van der Waals surface area (Å²) in [6, 6.07) is 5.36. The summed E-state index contributed by atoms with van der Waals surface area (Å²) in [5.41, 5.74) is -1.19. The van der Waals surface area contributed by atoms with E-state index in [2.05, 4.69) is 0 Å². The van der Waals surface area contributed by atoms with Gasteiger partial charge in [0.15, 0.2) is 17.3 Å². The minimum Gasteiger partial charge on any atom is -0.508 e. The molecule has 2 aromatic carbocycles. The average molecular weight is 464 g/mol. The van der Waals surface area contributed by atoms with Crippen molar-refractivity contribution in [3.05, 3.63) is 40.6 Å². The van der Waals surface area contributed by atoms with Crippen LogP contribution in [0.3, 0.4) is 0 Å². The molecule has 1 aliphatic rings. The number of aliphatic hydroxyl groups excluding tert-OH is 4. The molecule has 1 aromatic heterocycles. The predicted molar refractivity (Wildman–Crippen MR) is 109 cm³/mol. The van der Waals surface area contributed by atoms with Crippen molar-refractivity contribution in [3.8, 4) is 40.1 Å². The Bertz CT molecular complexity index is 1250. The molecule has 1 aliphatic heterocycles. The first-order chi connectivity index (χ1) is 15.6. The number of hydrogen-bond acceptors (Lipinski definition) is 12. The zero-order valence-corrected chi connectivity index (χ0v) is 16.7. The fourth-order valence-electron chi connectivity index (χ4n) is 3.51. The molecular weight excluding hydrogens is 444 g/mol. The van der Waals surface area contributed by atoms with E-state index in [9.17, 15) is 45.6 Å². The largest absolute Gasteiger partial charge is 0.508 e. The van der Waals surface area contributed by atoms with Crippen LogP contribution in [-0.2, 0) is 4.74 Å². The number of hydrogen-bond donors (Lipinski definition) is 8. The summed E-state index contributed by atoms with van der Waals surface area (Å²) in [6.45, 7) is -0.740. The zero-order valence-electron chi connectivity index (χ0n) is 16.7. The Balaban J connectivity index is 1.91. The molecule has 0 unspecified atom stereocenters. The summed E-state index contributed by atoms with van der Waals surface area (Å²) in [5, 5.41) is 78.7. The van der Waals surface area contributed by atoms with Gasteiger partial charge >= 0.3 is 0 Å². The number of phenolic OH excluding ortho intramolecular Hbond substituents is 4. The highest BCUT2D eigenvalue weighted by molar-refractivity contribution is 5.88. The molecule has 5 atom stereocenters. The maximum atomic E-state index is 13.2. The van der Waals surface area contributed by atoms with E-state index in [4.69, 9.17) is 13.9 Å². The Labute approximate surface area is 184 Å². The molecule has 3 aromatic rings. The second-order valence-corrected chi connectivity index (χ2v) is 7.45. The quantitative estimate of drug-likeness (QED) is 0.229. The lowest BCUT2D eigenvalue weighted by molar-refractivity contribution is -0.277. The number of fused-ring (bicyclic) bond motifs is 1. The molecule has 0 saturated carbocycles. The number of aliphatic hydroxyl groups is 4. The van der Waals surface area contributed by atoms with Crippen LogP contribution < -0.4 is 10.2 Å². The molecule has 0 aliphatic carbocycles. The third-order valence-corrected chi connectivity index (χ3v) is 5.24. The van der Waals surface area contributed by atoms with Gasteiger partial charge in [0, 0.05) is 17.7 Å². The Morgan fingerprint density at radius 3 is 2.27 bits per heavy atom. The average Bonchev–Trinajstić information content (AvgIpc) is 2.76. The van der Waals surface area contributed by atoms with E-state index in [1.165, 1.54) is 6.07 Å². The molecule has 4 rings (SSSR count). The highest BCUT2D eigenvalue weighted by Gasteiger charge is 2.45. The summed E-state index contributed by atoms with van der Waals surface area (Å²) in [5.74, 6) is -3.05. The SMILES string of the molecule is O=c1c(O[C@@H]2O[C@H](CO)[C@@H](O)[C@@H](O)[C@@H]2O)c(-c2ccc(O)c(O)c2)oc2cc(O)cc(O)c12. The first kappa shape index (κ1) is 22.6. The Morgan fingerprint density at radius 2 is 1.61 bits per heavy atom. The van der Waals surface area contributed by atoms with Crippen molar-refractivity contribution in [2.24, 2.45) is 0 Å². The molecule has 0 radical (unpaired) electrons. The van der Waals surface area contributed by atoms with E-state index in [0.29, 0.717) is 0 Å². The fourth-order valence-corrected chi connectivity index (χ4v) is 3.51. The van der Waals surface area contributed by atoms with Crippen molar-refractivity contribution in [3.63, 3.8) is 0 Å². The van der Waals surface area contributed by atoms with Gasteiger partial charge in [-0.1, -0.05) is 0 Å². The van der Waals surface area contributed by atoms with Crippen molar-refractivity contribution in [2.75, 3.05) is 6.61 Å². The van der Waals surface area contributed by atoms with Crippen molar-refractivity contribution in [2.45, 2.75) is 30.7 Å². The third kappa shape index (κ3) is 3.90. The van der Waals surface area contributed by atoms with Crippen LogP contribution in [0.25, 0.3) is 22.3 Å². The first-order valence-corrected chi connectivity index (χ1v) is 9.64. The van der Waals surface area contributed by atoms with E-state index < -0.39 is 71.5 Å². The molecule has 33 heavy (non-hydrogen) atoms. The fraction of sp³-hybridized carbons (Fsp3) is 0.286. The standard InChI is InChI=1S/C21H20O12/c22-6-13-15(27)17(29)18(30)21(32-13)33-20-16(28)14-11(26)4-8(23)5-12(14)31-19(20)7-1-2-9(24)10(25)3-7/h1-5,13,15,17-18,21-27,29-30H,6H2/t13-,15-,17-,18+,21+/m1/s1. The first-order valence-electron chi connectivity index (χ1n) is 9.64. The molecule has 0 spiro atoms. The van der Waals surface area contributed by atoms with Crippen molar-refractivity contribution in [1.29, 1.82) is 0 Å². The molecule has 1 fully saturated rings. The maximum absolute atomic E-state index is 13.2. The van der Waals surface area contributed by atoms with Crippen LogP contribution in [0.2, 0.25) is 0 Å². The van der Waals surface area contributed by atoms with Crippen LogP contribution in [0.1, 0.15) is 0 Å². The van der Waals surface area contributed by atoms with Crippen LogP contribution in [0.5, 0.6) is 28.7 Å². The van der Waals surface area contributed by atoms with E-state index in [0.717, 1.165) is 24.3 Å². The Morgan fingerprint density at radius 1 is 0.879 bits per heavy atom. The van der Waals surface area contributed by atoms with Crippen LogP contribution >= 0.6 is 0 Å². The van der Waals surface area contributed by atoms with Gasteiger partial charge in [-0.25, -0.2) is 0 Å². The van der Waals surface area contributed by atoms with Gasteiger partial charge in [0.2, 0.25) is 17.5 Å². The molecule has 0 amide bonds. The van der Waals surface area contributed by atoms with Gasteiger partial charge in [0.25, 0.3) is 0 Å². The van der Waals surface area contributed by atoms with Gasteiger partial charge in [0.05, 0.1) is 6.61 Å². The normalized spacial score (nSPS) is 25.3. The highest BCUT2D eigenvalue weighted by Crippen LogP contribution is 2.39. The minimum absolute atomic E-state index is 0.0201. The molecule has 0 bridgehead atoms. The summed E-state index contributed by atoms with van der Waals surface area (Å²) in [6.07, 6.45) is -8.40. The summed E-state index contributed by atoms with van der Waals surface area (Å²) >= 11 is 0.